The van der Waals surface area contributed by atoms with Gasteiger partial charge in [-0.1, -0.05) is 36.7 Å². The first-order chi connectivity index (χ1) is 13.9. The van der Waals surface area contributed by atoms with Crippen LogP contribution in [0.4, 0.5) is 4.39 Å². The molecule has 0 spiro atoms. The van der Waals surface area contributed by atoms with E-state index in [1.165, 1.54) is 22.7 Å². The monoisotopic (exact) mass is 436 g/mol. The molecule has 0 aliphatic carbocycles. The number of amides is 2. The molecule has 2 aromatic carbocycles. The molecule has 1 N–H and O–H groups in total. The van der Waals surface area contributed by atoms with Gasteiger partial charge in [-0.15, -0.1) is 11.8 Å². The van der Waals surface area contributed by atoms with Crippen molar-refractivity contribution in [3.63, 3.8) is 0 Å². The Hall–Kier alpha value is -2.05. The number of thioether (sulfide) groups is 1. The van der Waals surface area contributed by atoms with Crippen LogP contribution >= 0.6 is 23.4 Å². The highest BCUT2D eigenvalue weighted by molar-refractivity contribution is 7.99. The number of hydrogen-bond donors (Lipinski definition) is 1. The van der Waals surface area contributed by atoms with E-state index >= 15 is 0 Å². The quantitative estimate of drug-likeness (QED) is 0.538. The minimum Gasteiger partial charge on any atom is -0.354 e. The Balaban J connectivity index is 2.05. The number of halogens is 2. The molecule has 0 saturated carbocycles. The summed E-state index contributed by atoms with van der Waals surface area (Å²) in [5.41, 5.74) is 0.390. The summed E-state index contributed by atoms with van der Waals surface area (Å²) in [5, 5.41) is 3.47. The third-order valence-electron chi connectivity index (χ3n) is 4.41. The van der Waals surface area contributed by atoms with Crippen LogP contribution in [0, 0.1) is 5.82 Å². The number of carbonyl (C=O) groups is 2. The van der Waals surface area contributed by atoms with Gasteiger partial charge in [0.2, 0.25) is 11.8 Å². The highest BCUT2D eigenvalue weighted by Gasteiger charge is 2.26. The lowest BCUT2D eigenvalue weighted by Crippen LogP contribution is -2.48. The average molecular weight is 437 g/mol. The lowest BCUT2D eigenvalue weighted by atomic mass is 10.1. The standard InChI is InChI=1S/C22H26ClFN2O2S/c1-3-13-25-22(28)16(2)26(15-17-6-4-5-7-20(17)24)21(27)12-14-29-19-10-8-18(23)9-11-19/h4-11,16H,3,12-15H2,1-2H3,(H,25,28)/t16-/m1/s1. The second kappa shape index (κ2) is 11.8. The summed E-state index contributed by atoms with van der Waals surface area (Å²) in [7, 11) is 0. The topological polar surface area (TPSA) is 49.4 Å². The molecule has 0 fully saturated rings. The maximum atomic E-state index is 14.1. The highest BCUT2D eigenvalue weighted by atomic mass is 35.5. The Morgan fingerprint density at radius 2 is 1.86 bits per heavy atom. The van der Waals surface area contributed by atoms with Gasteiger partial charge in [0.1, 0.15) is 11.9 Å². The molecule has 4 nitrogen and oxygen atoms in total. The van der Waals surface area contributed by atoms with Crippen LogP contribution in [0.1, 0.15) is 32.3 Å². The van der Waals surface area contributed by atoms with E-state index in [-0.39, 0.29) is 30.6 Å². The number of carbonyl (C=O) groups excluding carboxylic acids is 2. The summed E-state index contributed by atoms with van der Waals surface area (Å²) < 4.78 is 14.1. The molecule has 0 saturated heterocycles. The molecular formula is C22H26ClFN2O2S. The van der Waals surface area contributed by atoms with Gasteiger partial charge in [0.05, 0.1) is 0 Å². The van der Waals surface area contributed by atoms with E-state index in [0.29, 0.717) is 22.9 Å². The van der Waals surface area contributed by atoms with Gasteiger partial charge in [-0.05, 0) is 43.7 Å². The zero-order valence-corrected chi connectivity index (χ0v) is 18.2. The van der Waals surface area contributed by atoms with Crippen molar-refractivity contribution in [3.05, 3.63) is 64.9 Å². The third-order valence-corrected chi connectivity index (χ3v) is 5.68. The molecule has 0 aliphatic heterocycles. The minimum atomic E-state index is -0.686. The lowest BCUT2D eigenvalue weighted by molar-refractivity contribution is -0.140. The zero-order chi connectivity index (χ0) is 21.2. The fourth-order valence-corrected chi connectivity index (χ4v) is 3.69. The van der Waals surface area contributed by atoms with E-state index in [2.05, 4.69) is 5.32 Å². The molecular weight excluding hydrogens is 411 g/mol. The van der Waals surface area contributed by atoms with Crippen molar-refractivity contribution in [2.24, 2.45) is 0 Å². The van der Waals surface area contributed by atoms with Gasteiger partial charge in [0.25, 0.3) is 0 Å². The predicted octanol–water partition coefficient (Wildman–Crippen LogP) is 4.90. The molecule has 0 unspecified atom stereocenters. The Labute approximate surface area is 180 Å². The first-order valence-corrected chi connectivity index (χ1v) is 11.0. The van der Waals surface area contributed by atoms with Crippen molar-refractivity contribution in [3.8, 4) is 0 Å². The normalized spacial score (nSPS) is 11.7. The molecule has 0 aromatic heterocycles. The lowest BCUT2D eigenvalue weighted by Gasteiger charge is -2.29. The molecule has 0 heterocycles. The molecule has 7 heteroatoms. The van der Waals surface area contributed by atoms with Crippen LogP contribution in [-0.2, 0) is 16.1 Å². The first-order valence-electron chi connectivity index (χ1n) is 9.61. The van der Waals surface area contributed by atoms with Crippen molar-refractivity contribution in [2.45, 2.75) is 44.2 Å². The zero-order valence-electron chi connectivity index (χ0n) is 16.7. The van der Waals surface area contributed by atoms with Crippen LogP contribution in [0.15, 0.2) is 53.4 Å². The average Bonchev–Trinajstić information content (AvgIpc) is 2.72. The Kier molecular flexibility index (Phi) is 9.48. The van der Waals surface area contributed by atoms with Gasteiger partial charge in [-0.3, -0.25) is 9.59 Å². The van der Waals surface area contributed by atoms with E-state index in [9.17, 15) is 14.0 Å². The molecule has 2 rings (SSSR count). The van der Waals surface area contributed by atoms with Crippen LogP contribution in [0.3, 0.4) is 0 Å². The fourth-order valence-electron chi connectivity index (χ4n) is 2.72. The fraction of sp³-hybridized carbons (Fsp3) is 0.364. The third kappa shape index (κ3) is 7.37. The van der Waals surface area contributed by atoms with Crippen LogP contribution in [0.2, 0.25) is 5.02 Å². The summed E-state index contributed by atoms with van der Waals surface area (Å²) in [6.45, 7) is 4.23. The maximum Gasteiger partial charge on any atom is 0.242 e. The smallest absolute Gasteiger partial charge is 0.242 e. The second-order valence-electron chi connectivity index (χ2n) is 6.63. The Morgan fingerprint density at radius 1 is 1.17 bits per heavy atom. The Morgan fingerprint density at radius 3 is 2.52 bits per heavy atom. The van der Waals surface area contributed by atoms with E-state index in [4.69, 9.17) is 11.6 Å². The van der Waals surface area contributed by atoms with Gasteiger partial charge < -0.3 is 10.2 Å². The SMILES string of the molecule is CCCNC(=O)[C@@H](C)N(Cc1ccccc1F)C(=O)CCSc1ccc(Cl)cc1. The summed E-state index contributed by atoms with van der Waals surface area (Å²) in [6.07, 6.45) is 1.05. The summed E-state index contributed by atoms with van der Waals surface area (Å²) in [4.78, 5) is 27.8. The van der Waals surface area contributed by atoms with Crippen molar-refractivity contribution in [1.82, 2.24) is 10.2 Å². The number of benzene rings is 2. The van der Waals surface area contributed by atoms with E-state index < -0.39 is 6.04 Å². The summed E-state index contributed by atoms with van der Waals surface area (Å²) in [6, 6.07) is 13.0. The Bertz CT molecular complexity index is 817. The van der Waals surface area contributed by atoms with E-state index in [1.807, 2.05) is 19.1 Å². The minimum absolute atomic E-state index is 0.0534. The van der Waals surface area contributed by atoms with Crippen molar-refractivity contribution in [1.29, 1.82) is 0 Å². The number of rotatable bonds is 10. The van der Waals surface area contributed by atoms with Crippen LogP contribution < -0.4 is 5.32 Å². The summed E-state index contributed by atoms with van der Waals surface area (Å²) >= 11 is 7.43. The van der Waals surface area contributed by atoms with E-state index in [0.717, 1.165) is 11.3 Å². The predicted molar refractivity (Wildman–Crippen MR) is 117 cm³/mol. The second-order valence-corrected chi connectivity index (χ2v) is 8.24. The summed E-state index contributed by atoms with van der Waals surface area (Å²) in [5.74, 6) is -0.255. The molecule has 0 bridgehead atoms. The van der Waals surface area contributed by atoms with Gasteiger partial charge in [0, 0.05) is 40.7 Å². The van der Waals surface area contributed by atoms with Crippen LogP contribution in [-0.4, -0.2) is 35.1 Å². The first kappa shape index (κ1) is 23.2. The van der Waals surface area contributed by atoms with Crippen molar-refractivity contribution in [2.75, 3.05) is 12.3 Å². The van der Waals surface area contributed by atoms with Gasteiger partial charge in [-0.25, -0.2) is 4.39 Å². The molecule has 29 heavy (non-hydrogen) atoms. The number of nitrogens with zero attached hydrogens (tertiary/aromatic N) is 1. The highest BCUT2D eigenvalue weighted by Crippen LogP contribution is 2.22. The molecule has 2 amide bonds. The van der Waals surface area contributed by atoms with E-state index in [1.54, 1.807) is 37.3 Å². The van der Waals surface area contributed by atoms with Crippen LogP contribution in [0.5, 0.6) is 0 Å². The molecule has 1 atom stereocenters. The van der Waals surface area contributed by atoms with Gasteiger partial charge >= 0.3 is 0 Å². The number of hydrogen-bond acceptors (Lipinski definition) is 3. The molecule has 0 aliphatic rings. The van der Waals surface area contributed by atoms with Crippen molar-refractivity contribution >= 4 is 35.2 Å². The molecule has 2 aromatic rings. The van der Waals surface area contributed by atoms with Crippen LogP contribution in [0.25, 0.3) is 0 Å². The maximum absolute atomic E-state index is 14.1. The number of nitrogens with one attached hydrogen (secondary N) is 1. The van der Waals surface area contributed by atoms with Gasteiger partial charge in [-0.2, -0.15) is 0 Å². The molecule has 0 radical (unpaired) electrons. The molecule has 156 valence electrons. The largest absolute Gasteiger partial charge is 0.354 e. The van der Waals surface area contributed by atoms with Crippen molar-refractivity contribution < 1.29 is 14.0 Å². The van der Waals surface area contributed by atoms with Gasteiger partial charge in [0.15, 0.2) is 0 Å².